The summed E-state index contributed by atoms with van der Waals surface area (Å²) in [6.45, 7) is 1.65. The second-order valence-electron chi connectivity index (χ2n) is 5.18. The van der Waals surface area contributed by atoms with E-state index in [-0.39, 0.29) is 18.2 Å². The van der Waals surface area contributed by atoms with E-state index in [0.717, 1.165) is 0 Å². The lowest BCUT2D eigenvalue weighted by Crippen LogP contribution is -2.21. The molecule has 9 heteroatoms. The summed E-state index contributed by atoms with van der Waals surface area (Å²) in [7, 11) is 2.97. The maximum Gasteiger partial charge on any atom is 0.281 e. The number of hydrogen-bond acceptors (Lipinski definition) is 6. The number of carbonyl (C=O) groups is 2. The molecule has 26 heavy (non-hydrogen) atoms. The molecule has 0 bridgehead atoms. The molecular formula is C17H18ClN3O4S. The number of rotatable bonds is 7. The summed E-state index contributed by atoms with van der Waals surface area (Å²) < 4.78 is 10.3. The van der Waals surface area contributed by atoms with Crippen LogP contribution in [0.15, 0.2) is 34.7 Å². The van der Waals surface area contributed by atoms with Crippen molar-refractivity contribution in [1.29, 1.82) is 0 Å². The zero-order valence-electron chi connectivity index (χ0n) is 14.5. The van der Waals surface area contributed by atoms with Crippen LogP contribution in [0.5, 0.6) is 11.5 Å². The van der Waals surface area contributed by atoms with Crippen LogP contribution < -0.4 is 20.2 Å². The highest BCUT2D eigenvalue weighted by Crippen LogP contribution is 2.35. The molecule has 0 aliphatic heterocycles. The van der Waals surface area contributed by atoms with E-state index in [2.05, 4.69) is 15.8 Å². The summed E-state index contributed by atoms with van der Waals surface area (Å²) in [6.07, 6.45) is -0.00246. The van der Waals surface area contributed by atoms with E-state index in [9.17, 15) is 9.59 Å². The van der Waals surface area contributed by atoms with Crippen LogP contribution in [0.3, 0.4) is 0 Å². The van der Waals surface area contributed by atoms with Gasteiger partial charge >= 0.3 is 0 Å². The molecule has 2 amide bonds. The number of thiophene rings is 1. The smallest absolute Gasteiger partial charge is 0.281 e. The van der Waals surface area contributed by atoms with Gasteiger partial charge in [-0.15, -0.1) is 11.3 Å². The minimum Gasteiger partial charge on any atom is -0.495 e. The van der Waals surface area contributed by atoms with E-state index in [0.29, 0.717) is 32.8 Å². The maximum atomic E-state index is 12.2. The van der Waals surface area contributed by atoms with Crippen LogP contribution in [-0.4, -0.2) is 31.7 Å². The molecule has 1 aromatic carbocycles. The summed E-state index contributed by atoms with van der Waals surface area (Å²) in [6, 6.07) is 6.59. The first kappa shape index (κ1) is 19.7. The molecule has 1 aromatic heterocycles. The lowest BCUT2D eigenvalue weighted by Gasteiger charge is -2.13. The van der Waals surface area contributed by atoms with Crippen LogP contribution in [0, 0.1) is 0 Å². The fourth-order valence-electron chi connectivity index (χ4n) is 2.03. The number of benzene rings is 1. The van der Waals surface area contributed by atoms with E-state index in [4.69, 9.17) is 21.1 Å². The summed E-state index contributed by atoms with van der Waals surface area (Å²) in [5.41, 5.74) is 3.28. The highest BCUT2D eigenvalue weighted by Gasteiger charge is 2.13. The number of nitrogens with one attached hydrogen (secondary N) is 2. The van der Waals surface area contributed by atoms with E-state index >= 15 is 0 Å². The average Bonchev–Trinajstić information content (AvgIpc) is 3.14. The molecule has 0 saturated carbocycles. The lowest BCUT2D eigenvalue weighted by atomic mass is 10.2. The first-order valence-corrected chi connectivity index (χ1v) is 8.78. The Bertz CT molecular complexity index is 822. The number of carbonyl (C=O) groups excluding carboxylic acids is 2. The van der Waals surface area contributed by atoms with Gasteiger partial charge < -0.3 is 14.8 Å². The Labute approximate surface area is 160 Å². The van der Waals surface area contributed by atoms with Crippen molar-refractivity contribution in [3.05, 3.63) is 39.5 Å². The third kappa shape index (κ3) is 5.21. The van der Waals surface area contributed by atoms with Crippen LogP contribution in [-0.2, 0) is 4.79 Å². The topological polar surface area (TPSA) is 89.0 Å². The van der Waals surface area contributed by atoms with Gasteiger partial charge in [-0.3, -0.25) is 9.59 Å². The first-order valence-electron chi connectivity index (χ1n) is 7.53. The van der Waals surface area contributed by atoms with Gasteiger partial charge in [0.1, 0.15) is 11.5 Å². The molecule has 2 N–H and O–H groups in total. The molecule has 0 spiro atoms. The van der Waals surface area contributed by atoms with Crippen molar-refractivity contribution in [1.82, 2.24) is 5.43 Å². The molecule has 0 unspecified atom stereocenters. The van der Waals surface area contributed by atoms with Crippen LogP contribution in [0.4, 0.5) is 5.69 Å². The van der Waals surface area contributed by atoms with Crippen LogP contribution in [0.25, 0.3) is 0 Å². The van der Waals surface area contributed by atoms with Gasteiger partial charge in [0, 0.05) is 11.8 Å². The number of anilines is 1. The van der Waals surface area contributed by atoms with Gasteiger partial charge in [-0.25, -0.2) is 5.43 Å². The van der Waals surface area contributed by atoms with Crippen molar-refractivity contribution < 1.29 is 19.1 Å². The van der Waals surface area contributed by atoms with Gasteiger partial charge in [0.25, 0.3) is 5.91 Å². The molecule has 1 heterocycles. The van der Waals surface area contributed by atoms with Crippen molar-refractivity contribution in [3.63, 3.8) is 0 Å². The fraction of sp³-hybridized carbons (Fsp3) is 0.235. The highest BCUT2D eigenvalue weighted by atomic mass is 35.5. The molecule has 0 radical (unpaired) electrons. The number of amides is 2. The first-order chi connectivity index (χ1) is 12.4. The molecule has 0 atom stereocenters. The van der Waals surface area contributed by atoms with E-state index in [1.807, 2.05) is 0 Å². The number of hydrazone groups is 1. The zero-order valence-corrected chi connectivity index (χ0v) is 16.0. The predicted octanol–water partition coefficient (Wildman–Crippen LogP) is 3.55. The SMILES string of the molecule is COc1cc(OC)c(NC(=O)C/C(C)=N/NC(=O)c2cccs2)cc1Cl. The third-order valence-electron chi connectivity index (χ3n) is 3.26. The quantitative estimate of drug-likeness (QED) is 0.554. The fourth-order valence-corrected chi connectivity index (χ4v) is 2.89. The van der Waals surface area contributed by atoms with E-state index in [1.165, 1.54) is 25.6 Å². The van der Waals surface area contributed by atoms with Crippen molar-refractivity contribution in [2.75, 3.05) is 19.5 Å². The number of halogens is 1. The van der Waals surface area contributed by atoms with Crippen molar-refractivity contribution in [2.45, 2.75) is 13.3 Å². The number of methoxy groups -OCH3 is 2. The van der Waals surface area contributed by atoms with Gasteiger partial charge in [-0.05, 0) is 24.4 Å². The minimum absolute atomic E-state index is 0.00246. The molecule has 7 nitrogen and oxygen atoms in total. The van der Waals surface area contributed by atoms with Gasteiger partial charge in [-0.2, -0.15) is 5.10 Å². The number of ether oxygens (including phenoxy) is 2. The van der Waals surface area contributed by atoms with E-state index in [1.54, 1.807) is 36.6 Å². The summed E-state index contributed by atoms with van der Waals surface area (Å²) >= 11 is 7.39. The molecule has 2 aromatic rings. The lowest BCUT2D eigenvalue weighted by molar-refractivity contribution is -0.115. The largest absolute Gasteiger partial charge is 0.495 e. The molecule has 0 saturated heterocycles. The minimum atomic E-state index is -0.323. The zero-order chi connectivity index (χ0) is 19.1. The standard InChI is InChI=1S/C17H18ClN3O4S/c1-10(20-21-17(23)15-5-4-6-26-15)7-16(22)19-12-8-11(18)13(24-2)9-14(12)25-3/h4-6,8-9H,7H2,1-3H3,(H,19,22)(H,21,23)/b20-10+. The second kappa shape index (κ2) is 9.21. The van der Waals surface area contributed by atoms with Crippen molar-refractivity contribution >= 4 is 46.2 Å². The molecule has 2 rings (SSSR count). The molecule has 138 valence electrons. The van der Waals surface area contributed by atoms with Gasteiger partial charge in [-0.1, -0.05) is 17.7 Å². The predicted molar refractivity (Wildman–Crippen MR) is 103 cm³/mol. The Morgan fingerprint density at radius 2 is 1.96 bits per heavy atom. The molecule has 0 aliphatic rings. The van der Waals surface area contributed by atoms with Crippen LogP contribution in [0.2, 0.25) is 5.02 Å². The number of nitrogens with zero attached hydrogens (tertiary/aromatic N) is 1. The molecule has 0 aliphatic carbocycles. The Morgan fingerprint density at radius 1 is 1.23 bits per heavy atom. The highest BCUT2D eigenvalue weighted by molar-refractivity contribution is 7.12. The van der Waals surface area contributed by atoms with Crippen LogP contribution in [0.1, 0.15) is 23.0 Å². The number of hydrogen-bond donors (Lipinski definition) is 2. The second-order valence-corrected chi connectivity index (χ2v) is 6.53. The monoisotopic (exact) mass is 395 g/mol. The summed E-state index contributed by atoms with van der Waals surface area (Å²) in [5, 5.41) is 8.78. The Kier molecular flexibility index (Phi) is 6.99. The summed E-state index contributed by atoms with van der Waals surface area (Å²) in [4.78, 5) is 24.6. The van der Waals surface area contributed by atoms with Crippen molar-refractivity contribution in [2.24, 2.45) is 5.10 Å². The summed E-state index contributed by atoms with van der Waals surface area (Å²) in [5.74, 6) is 0.218. The normalized spacial score (nSPS) is 11.0. The van der Waals surface area contributed by atoms with Gasteiger partial charge in [0.15, 0.2) is 0 Å². The average molecular weight is 396 g/mol. The Balaban J connectivity index is 1.98. The molecular weight excluding hydrogens is 378 g/mol. The maximum absolute atomic E-state index is 12.2. The Hall–Kier alpha value is -2.58. The van der Waals surface area contributed by atoms with Crippen LogP contribution >= 0.6 is 22.9 Å². The Morgan fingerprint density at radius 3 is 2.58 bits per heavy atom. The third-order valence-corrected chi connectivity index (χ3v) is 4.42. The van der Waals surface area contributed by atoms with Gasteiger partial charge in [0.05, 0.1) is 36.2 Å². The van der Waals surface area contributed by atoms with Gasteiger partial charge in [0.2, 0.25) is 5.91 Å². The van der Waals surface area contributed by atoms with Crippen molar-refractivity contribution in [3.8, 4) is 11.5 Å². The van der Waals surface area contributed by atoms with E-state index < -0.39 is 0 Å². The molecule has 0 fully saturated rings.